The Morgan fingerprint density at radius 2 is 1.91 bits per heavy atom. The van der Waals surface area contributed by atoms with Crippen molar-refractivity contribution in [2.24, 2.45) is 0 Å². The van der Waals surface area contributed by atoms with Crippen molar-refractivity contribution < 1.29 is 9.53 Å². The van der Waals surface area contributed by atoms with Gasteiger partial charge in [0.05, 0.1) is 5.69 Å². The van der Waals surface area contributed by atoms with Crippen LogP contribution in [-0.4, -0.2) is 45.0 Å². The summed E-state index contributed by atoms with van der Waals surface area (Å²) in [7, 11) is 0. The van der Waals surface area contributed by atoms with Crippen molar-refractivity contribution in [1.29, 1.82) is 0 Å². The number of para-hydroxylation sites is 1. The van der Waals surface area contributed by atoms with Crippen LogP contribution in [0.5, 0.6) is 5.75 Å². The van der Waals surface area contributed by atoms with Gasteiger partial charge in [-0.2, -0.15) is 0 Å². The highest BCUT2D eigenvalue weighted by Gasteiger charge is 2.29. The van der Waals surface area contributed by atoms with Crippen molar-refractivity contribution in [3.63, 3.8) is 0 Å². The van der Waals surface area contributed by atoms with Crippen LogP contribution in [0.25, 0.3) is 17.5 Å². The first-order valence-electron chi connectivity index (χ1n) is 11.1. The van der Waals surface area contributed by atoms with Crippen LogP contribution in [0.2, 0.25) is 0 Å². The fraction of sp³-hybridized carbons (Fsp3) is 0.308. The zero-order valence-electron chi connectivity index (χ0n) is 18.5. The predicted molar refractivity (Wildman–Crippen MR) is 125 cm³/mol. The lowest BCUT2D eigenvalue weighted by Crippen LogP contribution is -2.44. The topological polar surface area (TPSA) is 68.2 Å². The lowest BCUT2D eigenvalue weighted by molar-refractivity contribution is -0.139. The van der Waals surface area contributed by atoms with Crippen molar-refractivity contribution >= 4 is 12.0 Å². The molecule has 4 rings (SSSR count). The van der Waals surface area contributed by atoms with Crippen molar-refractivity contribution in [1.82, 2.24) is 19.9 Å². The molecule has 1 aliphatic heterocycles. The zero-order valence-corrected chi connectivity index (χ0v) is 18.5. The van der Waals surface area contributed by atoms with Crippen molar-refractivity contribution in [2.45, 2.75) is 38.7 Å². The number of hydrogen-bond donors (Lipinski definition) is 0. The Bertz CT molecular complexity index is 1060. The predicted octanol–water partition coefficient (Wildman–Crippen LogP) is 4.75. The van der Waals surface area contributed by atoms with Gasteiger partial charge in [-0.1, -0.05) is 30.4 Å². The minimum Gasteiger partial charge on any atom is -0.481 e. The maximum absolute atomic E-state index is 12.9. The molecule has 1 fully saturated rings. The Labute approximate surface area is 189 Å². The summed E-state index contributed by atoms with van der Waals surface area (Å²) in [6, 6.07) is 13.3. The molecule has 0 N–H and O–H groups in total. The molecule has 3 heterocycles. The molecule has 0 radical (unpaired) electrons. The second-order valence-corrected chi connectivity index (χ2v) is 7.95. The number of ether oxygens (including phenoxy) is 1. The molecule has 1 saturated heterocycles. The maximum atomic E-state index is 12.9. The van der Waals surface area contributed by atoms with Gasteiger partial charge >= 0.3 is 0 Å². The number of allylic oxidation sites excluding steroid dienone is 1. The van der Waals surface area contributed by atoms with Gasteiger partial charge in [0.25, 0.3) is 5.91 Å². The van der Waals surface area contributed by atoms with E-state index in [4.69, 9.17) is 9.72 Å². The van der Waals surface area contributed by atoms with Crippen LogP contribution in [0.15, 0.2) is 67.1 Å². The van der Waals surface area contributed by atoms with Gasteiger partial charge in [-0.15, -0.1) is 0 Å². The van der Waals surface area contributed by atoms with E-state index < -0.39 is 6.10 Å². The van der Waals surface area contributed by atoms with Gasteiger partial charge in [-0.05, 0) is 51.0 Å². The summed E-state index contributed by atoms with van der Waals surface area (Å²) >= 11 is 0. The smallest absolute Gasteiger partial charge is 0.263 e. The highest BCUT2D eigenvalue weighted by atomic mass is 16.5. The van der Waals surface area contributed by atoms with Crippen LogP contribution in [-0.2, 0) is 4.79 Å². The Morgan fingerprint density at radius 1 is 1.12 bits per heavy atom. The highest BCUT2D eigenvalue weighted by Crippen LogP contribution is 2.31. The number of amides is 1. The number of pyridine rings is 1. The molecule has 2 aromatic heterocycles. The largest absolute Gasteiger partial charge is 0.481 e. The van der Waals surface area contributed by atoms with E-state index in [1.165, 1.54) is 0 Å². The number of piperidine rings is 1. The first kappa shape index (κ1) is 21.7. The lowest BCUT2D eigenvalue weighted by atomic mass is 9.90. The number of likely N-dealkylation sites (tertiary alicyclic amines) is 1. The van der Waals surface area contributed by atoms with Gasteiger partial charge in [0, 0.05) is 48.7 Å². The number of rotatable bonds is 6. The second-order valence-electron chi connectivity index (χ2n) is 7.95. The number of benzene rings is 1. The van der Waals surface area contributed by atoms with Crippen molar-refractivity contribution in [3.05, 3.63) is 78.4 Å². The summed E-state index contributed by atoms with van der Waals surface area (Å²) in [5, 5.41) is 0. The number of nitrogens with zero attached hydrogens (tertiary/aromatic N) is 4. The molecule has 0 bridgehead atoms. The van der Waals surface area contributed by atoms with Gasteiger partial charge in [-0.25, -0.2) is 9.97 Å². The third-order valence-corrected chi connectivity index (χ3v) is 5.71. The summed E-state index contributed by atoms with van der Waals surface area (Å²) in [6.45, 7) is 5.19. The summed E-state index contributed by atoms with van der Waals surface area (Å²) in [5.74, 6) is 1.70. The van der Waals surface area contributed by atoms with Crippen LogP contribution in [0.4, 0.5) is 0 Å². The Hall–Kier alpha value is -3.54. The first-order chi connectivity index (χ1) is 15.7. The van der Waals surface area contributed by atoms with Crippen molar-refractivity contribution in [2.75, 3.05) is 13.1 Å². The SMILES string of the molecule is CC=Cc1cnc(-c2cccnc2)nc1C1CCN(C(=O)C(C)Oc2ccccc2)CC1. The standard InChI is InChI=1S/C26H28N4O2/c1-3-8-21-18-28-25(22-9-7-14-27-17-22)29-24(21)20-12-15-30(16-13-20)26(31)19(2)32-23-10-5-4-6-11-23/h3-11,14,17-20H,12-13,15-16H2,1-2H3. The zero-order chi connectivity index (χ0) is 22.3. The van der Waals surface area contributed by atoms with Gasteiger partial charge in [0.1, 0.15) is 5.75 Å². The van der Waals surface area contributed by atoms with E-state index in [2.05, 4.69) is 16.0 Å². The lowest BCUT2D eigenvalue weighted by Gasteiger charge is -2.33. The van der Waals surface area contributed by atoms with Crippen LogP contribution in [0.1, 0.15) is 43.9 Å². The minimum absolute atomic E-state index is 0.0275. The van der Waals surface area contributed by atoms with E-state index in [0.717, 1.165) is 29.7 Å². The molecule has 32 heavy (non-hydrogen) atoms. The number of carbonyl (C=O) groups is 1. The molecule has 3 aromatic rings. The van der Waals surface area contributed by atoms with Crippen molar-refractivity contribution in [3.8, 4) is 17.1 Å². The average Bonchev–Trinajstić information content (AvgIpc) is 2.85. The van der Waals surface area contributed by atoms with E-state index in [1.54, 1.807) is 12.4 Å². The molecule has 0 aliphatic carbocycles. The number of hydrogen-bond acceptors (Lipinski definition) is 5. The second kappa shape index (κ2) is 10.2. The highest BCUT2D eigenvalue weighted by molar-refractivity contribution is 5.81. The van der Waals surface area contributed by atoms with E-state index in [-0.39, 0.29) is 11.8 Å². The third kappa shape index (κ3) is 5.02. The third-order valence-electron chi connectivity index (χ3n) is 5.71. The monoisotopic (exact) mass is 428 g/mol. The van der Waals surface area contributed by atoms with Gasteiger partial charge < -0.3 is 9.64 Å². The molecule has 1 atom stereocenters. The van der Waals surface area contributed by atoms with Gasteiger partial charge in [0.15, 0.2) is 11.9 Å². The molecular weight excluding hydrogens is 400 g/mol. The molecular formula is C26H28N4O2. The molecule has 1 aromatic carbocycles. The normalized spacial score (nSPS) is 15.6. The minimum atomic E-state index is -0.510. The van der Waals surface area contributed by atoms with Crippen LogP contribution in [0, 0.1) is 0 Å². The number of carbonyl (C=O) groups excluding carboxylic acids is 1. The molecule has 6 nitrogen and oxygen atoms in total. The molecule has 6 heteroatoms. The summed E-state index contributed by atoms with van der Waals surface area (Å²) in [5.41, 5.74) is 2.98. The van der Waals surface area contributed by atoms with E-state index in [0.29, 0.717) is 24.7 Å². The Balaban J connectivity index is 1.45. The average molecular weight is 429 g/mol. The molecule has 1 aliphatic rings. The quantitative estimate of drug-likeness (QED) is 0.567. The molecule has 1 amide bonds. The first-order valence-corrected chi connectivity index (χ1v) is 11.1. The van der Waals surface area contributed by atoms with Gasteiger partial charge in [0.2, 0.25) is 0 Å². The van der Waals surface area contributed by atoms with Crippen LogP contribution < -0.4 is 4.74 Å². The Morgan fingerprint density at radius 3 is 2.59 bits per heavy atom. The fourth-order valence-corrected chi connectivity index (χ4v) is 4.06. The van der Waals surface area contributed by atoms with Crippen LogP contribution >= 0.6 is 0 Å². The molecule has 164 valence electrons. The van der Waals surface area contributed by atoms with Gasteiger partial charge in [-0.3, -0.25) is 9.78 Å². The summed E-state index contributed by atoms with van der Waals surface area (Å²) in [4.78, 5) is 28.5. The van der Waals surface area contributed by atoms with Crippen LogP contribution in [0.3, 0.4) is 0 Å². The summed E-state index contributed by atoms with van der Waals surface area (Å²) in [6.07, 6.45) is 10.7. The van der Waals surface area contributed by atoms with E-state index in [1.807, 2.05) is 73.5 Å². The molecule has 1 unspecified atom stereocenters. The Kier molecular flexibility index (Phi) is 6.90. The molecule has 0 saturated carbocycles. The fourth-order valence-electron chi connectivity index (χ4n) is 4.06. The molecule has 0 spiro atoms. The number of aromatic nitrogens is 3. The van der Waals surface area contributed by atoms with E-state index >= 15 is 0 Å². The van der Waals surface area contributed by atoms with E-state index in [9.17, 15) is 4.79 Å². The summed E-state index contributed by atoms with van der Waals surface area (Å²) < 4.78 is 5.83. The maximum Gasteiger partial charge on any atom is 0.263 e.